The Morgan fingerprint density at radius 1 is 1.33 bits per heavy atom. The summed E-state index contributed by atoms with van der Waals surface area (Å²) < 4.78 is 3.35. The summed E-state index contributed by atoms with van der Waals surface area (Å²) >= 11 is 2.33. The van der Waals surface area contributed by atoms with E-state index in [-0.39, 0.29) is 6.04 Å². The van der Waals surface area contributed by atoms with Crippen molar-refractivity contribution < 1.29 is 0 Å². The zero-order valence-electron chi connectivity index (χ0n) is 10.7. The molecular weight excluding hydrogens is 337 g/mol. The van der Waals surface area contributed by atoms with Gasteiger partial charge < -0.3 is 9.88 Å². The van der Waals surface area contributed by atoms with Gasteiger partial charge in [0.2, 0.25) is 0 Å². The van der Waals surface area contributed by atoms with E-state index in [9.17, 15) is 0 Å². The fourth-order valence-corrected chi connectivity index (χ4v) is 2.43. The average molecular weight is 355 g/mol. The molecule has 4 heteroatoms. The molecule has 1 aromatic heterocycles. The lowest BCUT2D eigenvalue weighted by molar-refractivity contribution is 0.506. The number of halogens is 1. The molecule has 0 saturated heterocycles. The van der Waals surface area contributed by atoms with Crippen LogP contribution >= 0.6 is 22.6 Å². The summed E-state index contributed by atoms with van der Waals surface area (Å²) in [5.74, 6) is 1.09. The number of rotatable bonds is 5. The van der Waals surface area contributed by atoms with Gasteiger partial charge in [-0.2, -0.15) is 0 Å². The molecule has 1 atom stereocenters. The van der Waals surface area contributed by atoms with Crippen LogP contribution in [0.5, 0.6) is 0 Å². The molecule has 1 aromatic carbocycles. The first-order valence-electron chi connectivity index (χ1n) is 6.15. The lowest BCUT2D eigenvalue weighted by atomic mass is 10.1. The van der Waals surface area contributed by atoms with Crippen molar-refractivity contribution in [3.63, 3.8) is 0 Å². The van der Waals surface area contributed by atoms with Crippen LogP contribution in [0.4, 0.5) is 0 Å². The molecule has 0 radical (unpaired) electrons. The maximum atomic E-state index is 4.45. The molecule has 0 amide bonds. The lowest BCUT2D eigenvalue weighted by Gasteiger charge is -2.17. The normalized spacial score (nSPS) is 12.6. The van der Waals surface area contributed by atoms with E-state index >= 15 is 0 Å². The number of nitrogens with zero attached hydrogens (tertiary/aromatic N) is 2. The van der Waals surface area contributed by atoms with Crippen molar-refractivity contribution in [3.8, 4) is 0 Å². The highest BCUT2D eigenvalue weighted by Gasteiger charge is 2.15. The molecule has 1 N–H and O–H groups in total. The van der Waals surface area contributed by atoms with Gasteiger partial charge in [-0.25, -0.2) is 4.98 Å². The van der Waals surface area contributed by atoms with Gasteiger partial charge in [0, 0.05) is 23.0 Å². The molecule has 1 unspecified atom stereocenters. The number of hydrogen-bond donors (Lipinski definition) is 1. The van der Waals surface area contributed by atoms with Gasteiger partial charge in [0.15, 0.2) is 0 Å². The minimum atomic E-state index is 0.273. The number of likely N-dealkylation sites (N-methyl/N-ethyl adjacent to an activating group) is 1. The third kappa shape index (κ3) is 3.32. The van der Waals surface area contributed by atoms with Crippen molar-refractivity contribution >= 4 is 22.6 Å². The number of aryl methyl sites for hydroxylation is 1. The Morgan fingerprint density at radius 2 is 2.06 bits per heavy atom. The molecule has 0 spiro atoms. The Balaban J connectivity index is 2.16. The van der Waals surface area contributed by atoms with E-state index in [4.69, 9.17) is 0 Å². The van der Waals surface area contributed by atoms with Gasteiger partial charge in [0.1, 0.15) is 5.82 Å². The van der Waals surface area contributed by atoms with Gasteiger partial charge >= 0.3 is 0 Å². The van der Waals surface area contributed by atoms with Gasteiger partial charge in [-0.3, -0.25) is 0 Å². The largest absolute Gasteiger partial charge is 0.337 e. The zero-order chi connectivity index (χ0) is 13.0. The first kappa shape index (κ1) is 13.5. The summed E-state index contributed by atoms with van der Waals surface area (Å²) in [6, 6.07) is 8.95. The molecule has 18 heavy (non-hydrogen) atoms. The van der Waals surface area contributed by atoms with Gasteiger partial charge in [0.25, 0.3) is 0 Å². The van der Waals surface area contributed by atoms with Crippen molar-refractivity contribution in [3.05, 3.63) is 51.6 Å². The van der Waals surface area contributed by atoms with Gasteiger partial charge in [-0.15, -0.1) is 0 Å². The number of imidazole rings is 1. The Morgan fingerprint density at radius 3 is 2.61 bits per heavy atom. The second kappa shape index (κ2) is 6.33. The van der Waals surface area contributed by atoms with E-state index in [2.05, 4.69) is 68.6 Å². The standard InChI is InChI=1S/C14H18IN3/c1-3-16-13(14-17-8-9-18(14)2)10-11-4-6-12(15)7-5-11/h4-9,13,16H,3,10H2,1-2H3. The first-order chi connectivity index (χ1) is 8.70. The average Bonchev–Trinajstić information content (AvgIpc) is 2.78. The topological polar surface area (TPSA) is 29.9 Å². The molecule has 0 bridgehead atoms. The van der Waals surface area contributed by atoms with Crippen molar-refractivity contribution in [1.29, 1.82) is 0 Å². The second-order valence-corrected chi connectivity index (χ2v) is 5.58. The zero-order valence-corrected chi connectivity index (χ0v) is 12.9. The van der Waals surface area contributed by atoms with Gasteiger partial charge in [0.05, 0.1) is 6.04 Å². The Labute approximate surface area is 122 Å². The first-order valence-corrected chi connectivity index (χ1v) is 7.23. The molecule has 0 saturated carbocycles. The van der Waals surface area contributed by atoms with Crippen molar-refractivity contribution in [2.24, 2.45) is 7.05 Å². The molecule has 2 rings (SSSR count). The second-order valence-electron chi connectivity index (χ2n) is 4.34. The van der Waals surface area contributed by atoms with Crippen molar-refractivity contribution in [1.82, 2.24) is 14.9 Å². The molecular formula is C14H18IN3. The Bertz CT molecular complexity index is 490. The Kier molecular flexibility index (Phi) is 4.77. The molecule has 2 aromatic rings. The summed E-state index contributed by atoms with van der Waals surface area (Å²) in [5, 5.41) is 3.50. The summed E-state index contributed by atoms with van der Waals surface area (Å²) in [6.45, 7) is 3.08. The van der Waals surface area contributed by atoms with Crippen LogP contribution in [0.2, 0.25) is 0 Å². The highest BCUT2D eigenvalue weighted by atomic mass is 127. The maximum absolute atomic E-state index is 4.45. The molecule has 96 valence electrons. The number of aromatic nitrogens is 2. The van der Waals surface area contributed by atoms with Crippen LogP contribution in [0.15, 0.2) is 36.7 Å². The number of hydrogen-bond acceptors (Lipinski definition) is 2. The number of nitrogens with one attached hydrogen (secondary N) is 1. The lowest BCUT2D eigenvalue weighted by Crippen LogP contribution is -2.25. The fraction of sp³-hybridized carbons (Fsp3) is 0.357. The third-order valence-corrected chi connectivity index (χ3v) is 3.69. The monoisotopic (exact) mass is 355 g/mol. The highest BCUT2D eigenvalue weighted by Crippen LogP contribution is 2.17. The van der Waals surface area contributed by atoms with Crippen LogP contribution in [0.3, 0.4) is 0 Å². The van der Waals surface area contributed by atoms with Crippen LogP contribution in [0, 0.1) is 3.57 Å². The van der Waals surface area contributed by atoms with Crippen LogP contribution < -0.4 is 5.32 Å². The molecule has 3 nitrogen and oxygen atoms in total. The Hall–Kier alpha value is -0.880. The molecule has 0 aliphatic carbocycles. The molecule has 0 aliphatic heterocycles. The summed E-state index contributed by atoms with van der Waals surface area (Å²) in [7, 11) is 2.04. The predicted octanol–water partition coefficient (Wildman–Crippen LogP) is 2.92. The fourth-order valence-electron chi connectivity index (χ4n) is 2.07. The molecule has 0 aliphatic rings. The quantitative estimate of drug-likeness (QED) is 0.836. The maximum Gasteiger partial charge on any atom is 0.125 e. The van der Waals surface area contributed by atoms with E-state index in [0.29, 0.717) is 0 Å². The minimum absolute atomic E-state index is 0.273. The molecule has 1 heterocycles. The van der Waals surface area contributed by atoms with Crippen LogP contribution in [0.25, 0.3) is 0 Å². The van der Waals surface area contributed by atoms with Crippen molar-refractivity contribution in [2.75, 3.05) is 6.54 Å². The van der Waals surface area contributed by atoms with Gasteiger partial charge in [-0.05, 0) is 53.3 Å². The molecule has 0 fully saturated rings. The van der Waals surface area contributed by atoms with E-state index in [1.807, 2.05) is 19.4 Å². The van der Waals surface area contributed by atoms with Crippen LogP contribution in [-0.2, 0) is 13.5 Å². The van der Waals surface area contributed by atoms with Crippen LogP contribution in [0.1, 0.15) is 24.4 Å². The minimum Gasteiger partial charge on any atom is -0.337 e. The van der Waals surface area contributed by atoms with E-state index in [0.717, 1.165) is 18.8 Å². The van der Waals surface area contributed by atoms with E-state index in [1.165, 1.54) is 9.13 Å². The predicted molar refractivity (Wildman–Crippen MR) is 82.5 cm³/mol. The van der Waals surface area contributed by atoms with E-state index in [1.54, 1.807) is 0 Å². The summed E-state index contributed by atoms with van der Waals surface area (Å²) in [5.41, 5.74) is 1.34. The van der Waals surface area contributed by atoms with E-state index < -0.39 is 0 Å². The summed E-state index contributed by atoms with van der Waals surface area (Å²) in [4.78, 5) is 4.45. The van der Waals surface area contributed by atoms with Crippen molar-refractivity contribution in [2.45, 2.75) is 19.4 Å². The highest BCUT2D eigenvalue weighted by molar-refractivity contribution is 14.1. The SMILES string of the molecule is CCNC(Cc1ccc(I)cc1)c1nccn1C. The summed E-state index contributed by atoms with van der Waals surface area (Å²) in [6.07, 6.45) is 4.82. The smallest absolute Gasteiger partial charge is 0.125 e. The number of benzene rings is 1. The van der Waals surface area contributed by atoms with Gasteiger partial charge in [-0.1, -0.05) is 19.1 Å². The third-order valence-electron chi connectivity index (χ3n) is 2.97. The van der Waals surface area contributed by atoms with Crippen LogP contribution in [-0.4, -0.2) is 16.1 Å².